The van der Waals surface area contributed by atoms with E-state index in [2.05, 4.69) is 75.6 Å². The fraction of sp³-hybridized carbons (Fsp3) is 0.368. The van der Waals surface area contributed by atoms with Crippen molar-refractivity contribution in [3.63, 3.8) is 0 Å². The first kappa shape index (κ1) is 16.1. The molecule has 0 radical (unpaired) electrons. The Kier molecular flexibility index (Phi) is 5.89. The van der Waals surface area contributed by atoms with Crippen molar-refractivity contribution in [1.29, 1.82) is 0 Å². The maximum atomic E-state index is 3.45. The molecule has 2 rings (SSSR count). The Morgan fingerprint density at radius 1 is 1.00 bits per heavy atom. The molecule has 0 bridgehead atoms. The quantitative estimate of drug-likeness (QED) is 0.786. The van der Waals surface area contributed by atoms with Crippen LogP contribution in [0.1, 0.15) is 22.3 Å². The zero-order valence-corrected chi connectivity index (χ0v) is 14.3. The molecular weight excluding hydrogens is 274 g/mol. The molecule has 0 aromatic heterocycles. The van der Waals surface area contributed by atoms with Gasteiger partial charge in [-0.1, -0.05) is 35.9 Å². The van der Waals surface area contributed by atoms with Gasteiger partial charge in [-0.15, -0.1) is 11.8 Å². The van der Waals surface area contributed by atoms with Crippen LogP contribution in [0.15, 0.2) is 47.4 Å². The van der Waals surface area contributed by atoms with Crippen molar-refractivity contribution < 1.29 is 0 Å². The van der Waals surface area contributed by atoms with E-state index in [9.17, 15) is 0 Å². The summed E-state index contributed by atoms with van der Waals surface area (Å²) in [6, 6.07) is 16.0. The van der Waals surface area contributed by atoms with Crippen molar-refractivity contribution in [1.82, 2.24) is 5.32 Å². The second-order valence-electron chi connectivity index (χ2n) is 5.74. The first-order valence-electron chi connectivity index (χ1n) is 7.51. The van der Waals surface area contributed by atoms with Crippen LogP contribution >= 0.6 is 11.8 Å². The van der Waals surface area contributed by atoms with Crippen molar-refractivity contribution in [3.8, 4) is 0 Å². The van der Waals surface area contributed by atoms with Gasteiger partial charge in [-0.25, -0.2) is 0 Å². The third-order valence-corrected chi connectivity index (χ3v) is 5.06. The summed E-state index contributed by atoms with van der Waals surface area (Å²) in [5.41, 5.74) is 5.50. The van der Waals surface area contributed by atoms with Gasteiger partial charge in [-0.3, -0.25) is 0 Å². The molecule has 0 saturated heterocycles. The van der Waals surface area contributed by atoms with Crippen LogP contribution in [0.4, 0.5) is 0 Å². The number of benzene rings is 2. The van der Waals surface area contributed by atoms with E-state index in [1.54, 1.807) is 0 Å². The predicted molar refractivity (Wildman–Crippen MR) is 94.4 cm³/mol. The minimum absolute atomic E-state index is 0.498. The number of aryl methyl sites for hydroxylation is 3. The topological polar surface area (TPSA) is 12.0 Å². The van der Waals surface area contributed by atoms with Gasteiger partial charge in [0.05, 0.1) is 0 Å². The Bertz CT molecular complexity index is 592. The summed E-state index contributed by atoms with van der Waals surface area (Å²) < 4.78 is 0. The summed E-state index contributed by atoms with van der Waals surface area (Å²) in [4.78, 5) is 1.36. The number of thioether (sulfide) groups is 1. The maximum absolute atomic E-state index is 3.45. The van der Waals surface area contributed by atoms with Gasteiger partial charge in [-0.2, -0.15) is 0 Å². The van der Waals surface area contributed by atoms with E-state index < -0.39 is 0 Å². The van der Waals surface area contributed by atoms with Gasteiger partial charge in [0.15, 0.2) is 0 Å². The molecule has 2 heteroatoms. The van der Waals surface area contributed by atoms with Crippen molar-refractivity contribution >= 4 is 11.8 Å². The van der Waals surface area contributed by atoms with Gasteiger partial charge < -0.3 is 5.32 Å². The lowest BCUT2D eigenvalue weighted by atomic mass is 10.0. The first-order chi connectivity index (χ1) is 10.1. The van der Waals surface area contributed by atoms with Gasteiger partial charge in [0, 0.05) is 16.7 Å². The molecule has 21 heavy (non-hydrogen) atoms. The number of rotatable bonds is 6. The second kappa shape index (κ2) is 7.67. The molecule has 0 amide bonds. The Morgan fingerprint density at radius 2 is 1.81 bits per heavy atom. The molecule has 0 aliphatic rings. The summed E-state index contributed by atoms with van der Waals surface area (Å²) in [5.74, 6) is 1.09. The molecule has 0 saturated carbocycles. The lowest BCUT2D eigenvalue weighted by Crippen LogP contribution is -2.30. The van der Waals surface area contributed by atoms with Gasteiger partial charge in [-0.05, 0) is 63.1 Å². The highest BCUT2D eigenvalue weighted by molar-refractivity contribution is 7.99. The molecule has 2 aromatic carbocycles. The highest BCUT2D eigenvalue weighted by Gasteiger charge is 2.09. The van der Waals surface area contributed by atoms with Crippen LogP contribution in [0.2, 0.25) is 0 Å². The molecular formula is C19H25NS. The van der Waals surface area contributed by atoms with Crippen molar-refractivity contribution in [2.45, 2.75) is 38.1 Å². The maximum Gasteiger partial charge on any atom is 0.0199 e. The number of hydrogen-bond donors (Lipinski definition) is 1. The molecule has 1 atom stereocenters. The molecule has 1 N–H and O–H groups in total. The number of hydrogen-bond acceptors (Lipinski definition) is 2. The van der Waals surface area contributed by atoms with Crippen LogP contribution in [0, 0.1) is 20.8 Å². The Balaban J connectivity index is 1.95. The predicted octanol–water partition coefficient (Wildman–Crippen LogP) is 4.53. The van der Waals surface area contributed by atoms with E-state index in [1.165, 1.54) is 27.1 Å². The highest BCUT2D eigenvalue weighted by atomic mass is 32.2. The van der Waals surface area contributed by atoms with E-state index >= 15 is 0 Å². The summed E-state index contributed by atoms with van der Waals surface area (Å²) in [7, 11) is 2.06. The molecule has 0 heterocycles. The standard InChI is InChI=1S/C19H25NS/c1-14-6-5-7-19(10-14)21-13-18(20-4)12-17-9-8-15(2)16(3)11-17/h5-11,18,20H,12-13H2,1-4H3. The van der Waals surface area contributed by atoms with Gasteiger partial charge in [0.2, 0.25) is 0 Å². The third kappa shape index (κ3) is 4.90. The number of nitrogens with one attached hydrogen (secondary N) is 1. The van der Waals surface area contributed by atoms with Crippen LogP contribution in [0.5, 0.6) is 0 Å². The minimum atomic E-state index is 0.498. The third-order valence-electron chi connectivity index (χ3n) is 3.90. The van der Waals surface area contributed by atoms with Crippen LogP contribution < -0.4 is 5.32 Å². The Hall–Kier alpha value is -1.25. The van der Waals surface area contributed by atoms with E-state index in [1.807, 2.05) is 11.8 Å². The van der Waals surface area contributed by atoms with E-state index in [-0.39, 0.29) is 0 Å². The first-order valence-corrected chi connectivity index (χ1v) is 8.50. The van der Waals surface area contributed by atoms with Crippen LogP contribution in [0.25, 0.3) is 0 Å². The molecule has 2 aromatic rings. The average molecular weight is 299 g/mol. The Morgan fingerprint density at radius 3 is 2.48 bits per heavy atom. The van der Waals surface area contributed by atoms with Crippen LogP contribution in [0.3, 0.4) is 0 Å². The molecule has 0 spiro atoms. The van der Waals surface area contributed by atoms with Crippen molar-refractivity contribution in [2.75, 3.05) is 12.8 Å². The SMILES string of the molecule is CNC(CSc1cccc(C)c1)Cc1ccc(C)c(C)c1. The van der Waals surface area contributed by atoms with Gasteiger partial charge >= 0.3 is 0 Å². The molecule has 1 nitrogen and oxygen atoms in total. The van der Waals surface area contributed by atoms with Crippen molar-refractivity contribution in [3.05, 3.63) is 64.7 Å². The molecule has 0 aliphatic heterocycles. The summed E-state index contributed by atoms with van der Waals surface area (Å²) >= 11 is 1.93. The summed E-state index contributed by atoms with van der Waals surface area (Å²) in [5, 5.41) is 3.45. The zero-order chi connectivity index (χ0) is 15.2. The van der Waals surface area contributed by atoms with Crippen LogP contribution in [-0.4, -0.2) is 18.8 Å². The van der Waals surface area contributed by atoms with E-state index in [0.717, 1.165) is 12.2 Å². The minimum Gasteiger partial charge on any atom is -0.316 e. The number of likely N-dealkylation sites (N-methyl/N-ethyl adjacent to an activating group) is 1. The molecule has 0 fully saturated rings. The fourth-order valence-corrected chi connectivity index (χ4v) is 3.48. The summed E-state index contributed by atoms with van der Waals surface area (Å²) in [6.07, 6.45) is 1.08. The summed E-state index contributed by atoms with van der Waals surface area (Å²) in [6.45, 7) is 6.51. The monoisotopic (exact) mass is 299 g/mol. The van der Waals surface area contributed by atoms with E-state index in [0.29, 0.717) is 6.04 Å². The fourth-order valence-electron chi connectivity index (χ4n) is 2.36. The van der Waals surface area contributed by atoms with Gasteiger partial charge in [0.25, 0.3) is 0 Å². The normalized spacial score (nSPS) is 12.4. The highest BCUT2D eigenvalue weighted by Crippen LogP contribution is 2.21. The second-order valence-corrected chi connectivity index (χ2v) is 6.83. The lowest BCUT2D eigenvalue weighted by molar-refractivity contribution is 0.617. The van der Waals surface area contributed by atoms with E-state index in [4.69, 9.17) is 0 Å². The largest absolute Gasteiger partial charge is 0.316 e. The Labute approximate surface area is 133 Å². The van der Waals surface area contributed by atoms with Crippen molar-refractivity contribution in [2.24, 2.45) is 0 Å². The zero-order valence-electron chi connectivity index (χ0n) is 13.4. The van der Waals surface area contributed by atoms with Gasteiger partial charge in [0.1, 0.15) is 0 Å². The smallest absolute Gasteiger partial charge is 0.0199 e. The van der Waals surface area contributed by atoms with Crippen LogP contribution in [-0.2, 0) is 6.42 Å². The lowest BCUT2D eigenvalue weighted by Gasteiger charge is -2.17. The molecule has 112 valence electrons. The average Bonchev–Trinajstić information content (AvgIpc) is 2.47. The molecule has 1 unspecified atom stereocenters. The molecule has 0 aliphatic carbocycles.